The second-order valence-corrected chi connectivity index (χ2v) is 11.0. The van der Waals surface area contributed by atoms with Crippen LogP contribution in [0, 0.1) is 6.92 Å². The molecule has 1 atom stereocenters. The average Bonchev–Trinajstić information content (AvgIpc) is 3.51. The fourth-order valence-corrected chi connectivity index (χ4v) is 5.86. The van der Waals surface area contributed by atoms with E-state index in [1.54, 1.807) is 16.7 Å². The largest absolute Gasteiger partial charge is 0.496 e. The zero-order chi connectivity index (χ0) is 27.5. The Kier molecular flexibility index (Phi) is 6.15. The third kappa shape index (κ3) is 4.17. The Morgan fingerprint density at radius 3 is 2.67 bits per heavy atom. The molecule has 0 radical (unpaired) electrons. The van der Waals surface area contributed by atoms with Crippen molar-refractivity contribution in [2.45, 2.75) is 39.0 Å². The van der Waals surface area contributed by atoms with E-state index < -0.39 is 11.6 Å². The number of hydrogen-bond acceptors (Lipinski definition) is 6. The number of hydrogen-bond donors (Lipinski definition) is 0. The quantitative estimate of drug-likeness (QED) is 0.323. The Bertz CT molecular complexity index is 1570. The van der Waals surface area contributed by atoms with Gasteiger partial charge in [-0.1, -0.05) is 11.6 Å². The number of aryl methyl sites for hydroxylation is 2. The number of benzene rings is 2. The number of ether oxygens (including phenoxy) is 3. The lowest BCUT2D eigenvalue weighted by Gasteiger charge is -2.45. The van der Waals surface area contributed by atoms with E-state index in [9.17, 15) is 4.79 Å². The van der Waals surface area contributed by atoms with Crippen LogP contribution in [0.15, 0.2) is 42.6 Å². The van der Waals surface area contributed by atoms with Crippen molar-refractivity contribution in [3.8, 4) is 39.7 Å². The van der Waals surface area contributed by atoms with Crippen molar-refractivity contribution in [2.24, 2.45) is 7.05 Å². The van der Waals surface area contributed by atoms with Crippen LogP contribution in [0.3, 0.4) is 0 Å². The normalized spacial score (nSPS) is 17.8. The van der Waals surface area contributed by atoms with Gasteiger partial charge in [0, 0.05) is 47.6 Å². The van der Waals surface area contributed by atoms with Gasteiger partial charge in [-0.25, -0.2) is 4.68 Å². The Morgan fingerprint density at radius 1 is 1.15 bits per heavy atom. The van der Waals surface area contributed by atoms with Crippen molar-refractivity contribution < 1.29 is 19.0 Å². The predicted octanol–water partition coefficient (Wildman–Crippen LogP) is 5.11. The Labute approximate surface area is 231 Å². The van der Waals surface area contributed by atoms with E-state index in [0.29, 0.717) is 36.3 Å². The molecule has 1 fully saturated rings. The lowest BCUT2D eigenvalue weighted by molar-refractivity contribution is -0.147. The van der Waals surface area contributed by atoms with Gasteiger partial charge in [-0.2, -0.15) is 10.2 Å². The van der Waals surface area contributed by atoms with Crippen LogP contribution in [-0.2, 0) is 23.2 Å². The van der Waals surface area contributed by atoms with Crippen molar-refractivity contribution in [1.82, 2.24) is 24.5 Å². The zero-order valence-electron chi connectivity index (χ0n) is 22.6. The number of carbonyl (C=O) groups is 1. The van der Waals surface area contributed by atoms with Crippen LogP contribution in [0.4, 0.5) is 0 Å². The number of rotatable bonds is 5. The van der Waals surface area contributed by atoms with Crippen LogP contribution in [0.1, 0.15) is 36.8 Å². The molecule has 10 heteroatoms. The molecule has 9 nitrogen and oxygen atoms in total. The van der Waals surface area contributed by atoms with Gasteiger partial charge >= 0.3 is 0 Å². The summed E-state index contributed by atoms with van der Waals surface area (Å²) in [5.74, 6) is 1.35. The molecule has 6 rings (SSSR count). The molecule has 4 heterocycles. The highest BCUT2D eigenvalue weighted by Crippen LogP contribution is 2.48. The summed E-state index contributed by atoms with van der Waals surface area (Å²) in [6.07, 6.45) is 2.33. The minimum absolute atomic E-state index is 0.292. The summed E-state index contributed by atoms with van der Waals surface area (Å²) >= 11 is 6.51. The van der Waals surface area contributed by atoms with Gasteiger partial charge < -0.3 is 19.1 Å². The number of amides is 1. The monoisotopic (exact) mass is 547 g/mol. The minimum atomic E-state index is -0.615. The molecular formula is C29H30ClN5O4. The van der Waals surface area contributed by atoms with Crippen LogP contribution in [0.25, 0.3) is 28.2 Å². The van der Waals surface area contributed by atoms with E-state index in [2.05, 4.69) is 5.10 Å². The van der Waals surface area contributed by atoms with Crippen LogP contribution in [0.2, 0.25) is 5.02 Å². The molecule has 39 heavy (non-hydrogen) atoms. The van der Waals surface area contributed by atoms with Gasteiger partial charge in [0.1, 0.15) is 29.9 Å². The Morgan fingerprint density at radius 2 is 1.97 bits per heavy atom. The van der Waals surface area contributed by atoms with Crippen LogP contribution >= 0.6 is 11.6 Å². The minimum Gasteiger partial charge on any atom is -0.496 e. The van der Waals surface area contributed by atoms with Gasteiger partial charge in [-0.05, 0) is 56.7 Å². The summed E-state index contributed by atoms with van der Waals surface area (Å²) in [7, 11) is 3.52. The molecule has 202 valence electrons. The van der Waals surface area contributed by atoms with Crippen LogP contribution in [-0.4, -0.2) is 56.7 Å². The highest BCUT2D eigenvalue weighted by atomic mass is 35.5. The molecule has 0 N–H and O–H groups in total. The molecule has 2 aliphatic heterocycles. The molecule has 2 aliphatic rings. The molecule has 2 aromatic carbocycles. The second kappa shape index (κ2) is 9.43. The number of nitrogens with zero attached hydrogens (tertiary/aromatic N) is 5. The first-order valence-corrected chi connectivity index (χ1v) is 13.2. The highest BCUT2D eigenvalue weighted by Gasteiger charge is 2.44. The van der Waals surface area contributed by atoms with Crippen molar-refractivity contribution >= 4 is 18.0 Å². The van der Waals surface area contributed by atoms with Crippen molar-refractivity contribution in [3.05, 3.63) is 64.4 Å². The maximum Gasteiger partial charge on any atom is 0.210 e. The van der Waals surface area contributed by atoms with E-state index in [4.69, 9.17) is 30.9 Å². The molecule has 1 unspecified atom stereocenters. The standard InChI is InChI=1S/C29H30ClN5O4/c1-17-10-18(30)12-19(11-17)35-27-21-13-20(23-6-7-33(4)31-23)24(37-5)14-25(21)39-15-22(27)26(32-35)28-29(2,3)34(16-36)8-9-38-28/h6-7,10-14,16,28H,8-9,15H2,1-5H3. The highest BCUT2D eigenvalue weighted by molar-refractivity contribution is 6.30. The SMILES string of the molecule is COc1cc2c(cc1-c1ccn(C)n1)-c1c(c(C3OCCN(C=O)C3(C)C)nn1-c1cc(C)cc(Cl)c1)CO2. The zero-order valence-corrected chi connectivity index (χ0v) is 23.3. The fraction of sp³-hybridized carbons (Fsp3) is 0.345. The number of fused-ring (bicyclic) bond motifs is 3. The van der Waals surface area contributed by atoms with Gasteiger partial charge in [0.25, 0.3) is 0 Å². The first-order chi connectivity index (χ1) is 18.7. The van der Waals surface area contributed by atoms with E-state index >= 15 is 0 Å². The van der Waals surface area contributed by atoms with E-state index in [1.807, 2.05) is 75.1 Å². The van der Waals surface area contributed by atoms with Gasteiger partial charge in [-0.3, -0.25) is 9.48 Å². The molecule has 2 aromatic heterocycles. The number of aromatic nitrogens is 4. The molecule has 0 saturated carbocycles. The van der Waals surface area contributed by atoms with Gasteiger partial charge in [0.15, 0.2) is 0 Å². The predicted molar refractivity (Wildman–Crippen MR) is 147 cm³/mol. The third-order valence-electron chi connectivity index (χ3n) is 7.58. The maximum absolute atomic E-state index is 11.9. The Balaban J connectivity index is 1.62. The summed E-state index contributed by atoms with van der Waals surface area (Å²) in [4.78, 5) is 13.7. The fourth-order valence-electron chi connectivity index (χ4n) is 5.58. The van der Waals surface area contributed by atoms with E-state index in [0.717, 1.165) is 51.4 Å². The molecule has 0 aliphatic carbocycles. The first kappa shape index (κ1) is 25.5. The third-order valence-corrected chi connectivity index (χ3v) is 7.80. The van der Waals surface area contributed by atoms with Crippen molar-refractivity contribution in [3.63, 3.8) is 0 Å². The molecule has 1 amide bonds. The number of carbonyl (C=O) groups excluding carboxylic acids is 1. The number of methoxy groups -OCH3 is 1. The van der Waals surface area contributed by atoms with E-state index in [-0.39, 0.29) is 0 Å². The number of morpholine rings is 1. The summed E-state index contributed by atoms with van der Waals surface area (Å²) in [5, 5.41) is 10.4. The first-order valence-electron chi connectivity index (χ1n) is 12.8. The summed E-state index contributed by atoms with van der Waals surface area (Å²) in [6.45, 7) is 7.24. The van der Waals surface area contributed by atoms with E-state index in [1.165, 1.54) is 0 Å². The average molecular weight is 548 g/mol. The van der Waals surface area contributed by atoms with Gasteiger partial charge in [0.05, 0.1) is 36.3 Å². The summed E-state index contributed by atoms with van der Waals surface area (Å²) < 4.78 is 22.0. The molecule has 1 saturated heterocycles. The molecular weight excluding hydrogens is 518 g/mol. The molecule has 0 spiro atoms. The lowest BCUT2D eigenvalue weighted by Crippen LogP contribution is -2.54. The van der Waals surface area contributed by atoms with Crippen LogP contribution < -0.4 is 9.47 Å². The van der Waals surface area contributed by atoms with Crippen LogP contribution in [0.5, 0.6) is 11.5 Å². The topological polar surface area (TPSA) is 83.6 Å². The summed E-state index contributed by atoms with van der Waals surface area (Å²) in [5.41, 5.74) is 6.23. The number of halogens is 1. The van der Waals surface area contributed by atoms with Crippen molar-refractivity contribution in [2.75, 3.05) is 20.3 Å². The molecule has 0 bridgehead atoms. The Hall–Kier alpha value is -3.82. The summed E-state index contributed by atoms with van der Waals surface area (Å²) in [6, 6.07) is 11.7. The smallest absolute Gasteiger partial charge is 0.210 e. The molecule has 4 aromatic rings. The maximum atomic E-state index is 11.9. The van der Waals surface area contributed by atoms with Gasteiger partial charge in [0.2, 0.25) is 6.41 Å². The van der Waals surface area contributed by atoms with Gasteiger partial charge in [-0.15, -0.1) is 0 Å². The van der Waals surface area contributed by atoms with Crippen molar-refractivity contribution in [1.29, 1.82) is 0 Å². The second-order valence-electron chi connectivity index (χ2n) is 10.5. The lowest BCUT2D eigenvalue weighted by atomic mass is 9.88.